The third-order valence-electron chi connectivity index (χ3n) is 5.14. The Hall–Kier alpha value is -0.530. The number of alkyl halides is 1. The summed E-state index contributed by atoms with van der Waals surface area (Å²) in [5.74, 6) is 2.25. The Balaban J connectivity index is 1.61. The maximum Gasteiger partial charge on any atom is 0.0468 e. The molecule has 0 spiro atoms. The van der Waals surface area contributed by atoms with Gasteiger partial charge in [-0.1, -0.05) is 30.3 Å². The predicted molar refractivity (Wildman–Crippen MR) is 84.3 cm³/mol. The molecule has 3 atom stereocenters. The van der Waals surface area contributed by atoms with Crippen molar-refractivity contribution < 1.29 is 4.74 Å². The maximum absolute atomic E-state index is 6.62. The molecule has 2 aliphatic rings. The number of rotatable bonds is 3. The molecule has 0 amide bonds. The van der Waals surface area contributed by atoms with E-state index >= 15 is 0 Å². The summed E-state index contributed by atoms with van der Waals surface area (Å²) in [6.45, 7) is 1.90. The molecule has 1 aliphatic heterocycles. The molecule has 1 heterocycles. The topological polar surface area (TPSA) is 9.23 Å². The predicted octanol–water partition coefficient (Wildman–Crippen LogP) is 4.99. The van der Waals surface area contributed by atoms with Gasteiger partial charge in [0.2, 0.25) is 0 Å². The fourth-order valence-electron chi connectivity index (χ4n) is 3.91. The van der Waals surface area contributed by atoms with E-state index in [1.807, 2.05) is 0 Å². The van der Waals surface area contributed by atoms with Crippen LogP contribution in [0, 0.1) is 11.8 Å². The Morgan fingerprint density at radius 2 is 1.75 bits per heavy atom. The zero-order valence-corrected chi connectivity index (χ0v) is 12.9. The van der Waals surface area contributed by atoms with Crippen LogP contribution in [-0.4, -0.2) is 18.6 Å². The summed E-state index contributed by atoms with van der Waals surface area (Å²) in [7, 11) is 0. The third kappa shape index (κ3) is 3.56. The van der Waals surface area contributed by atoms with Gasteiger partial charge in [0, 0.05) is 18.6 Å². The van der Waals surface area contributed by atoms with E-state index in [0.29, 0.717) is 11.3 Å². The fraction of sp³-hybridized carbons (Fsp3) is 0.667. The largest absolute Gasteiger partial charge is 0.381 e. The molecule has 1 nitrogen and oxygen atoms in total. The molecule has 0 radical (unpaired) electrons. The van der Waals surface area contributed by atoms with Crippen molar-refractivity contribution in [1.29, 1.82) is 0 Å². The van der Waals surface area contributed by atoms with Gasteiger partial charge in [0.1, 0.15) is 0 Å². The molecule has 20 heavy (non-hydrogen) atoms. The van der Waals surface area contributed by atoms with E-state index in [4.69, 9.17) is 16.3 Å². The van der Waals surface area contributed by atoms with Crippen molar-refractivity contribution in [3.63, 3.8) is 0 Å². The van der Waals surface area contributed by atoms with Gasteiger partial charge >= 0.3 is 0 Å². The first-order valence-electron chi connectivity index (χ1n) is 8.09. The summed E-state index contributed by atoms with van der Waals surface area (Å²) in [5.41, 5.74) is 1.51. The Morgan fingerprint density at radius 1 is 1.00 bits per heavy atom. The molecule has 0 aromatic heterocycles. The van der Waals surface area contributed by atoms with Gasteiger partial charge in [-0.05, 0) is 61.8 Å². The highest BCUT2D eigenvalue weighted by Gasteiger charge is 2.32. The molecule has 1 saturated heterocycles. The van der Waals surface area contributed by atoms with Crippen LogP contribution >= 0.6 is 11.6 Å². The van der Waals surface area contributed by atoms with Crippen LogP contribution in [0.4, 0.5) is 0 Å². The monoisotopic (exact) mass is 292 g/mol. The molecule has 3 rings (SSSR count). The summed E-state index contributed by atoms with van der Waals surface area (Å²) in [6.07, 6.45) is 7.47. The molecular weight excluding hydrogens is 268 g/mol. The summed E-state index contributed by atoms with van der Waals surface area (Å²) in [6, 6.07) is 11.0. The number of ether oxygens (including phenoxy) is 1. The smallest absolute Gasteiger partial charge is 0.0468 e. The number of benzene rings is 1. The Labute approximate surface area is 127 Å². The molecule has 1 saturated carbocycles. The van der Waals surface area contributed by atoms with Gasteiger partial charge in [0.25, 0.3) is 0 Å². The highest BCUT2D eigenvalue weighted by Crippen LogP contribution is 2.42. The van der Waals surface area contributed by atoms with Crippen LogP contribution in [0.15, 0.2) is 30.3 Å². The second-order valence-corrected chi connectivity index (χ2v) is 7.05. The van der Waals surface area contributed by atoms with Gasteiger partial charge in [-0.3, -0.25) is 0 Å². The van der Waals surface area contributed by atoms with Crippen molar-refractivity contribution in [1.82, 2.24) is 0 Å². The third-order valence-corrected chi connectivity index (χ3v) is 5.71. The lowest BCUT2D eigenvalue weighted by Crippen LogP contribution is -2.28. The van der Waals surface area contributed by atoms with Gasteiger partial charge in [-0.25, -0.2) is 0 Å². The quantitative estimate of drug-likeness (QED) is 0.713. The first-order valence-corrected chi connectivity index (χ1v) is 8.53. The Kier molecular flexibility index (Phi) is 5.01. The summed E-state index contributed by atoms with van der Waals surface area (Å²) in [4.78, 5) is 0. The van der Waals surface area contributed by atoms with E-state index in [0.717, 1.165) is 25.0 Å². The van der Waals surface area contributed by atoms with Gasteiger partial charge in [0.05, 0.1) is 0 Å². The second-order valence-electron chi connectivity index (χ2n) is 6.49. The molecule has 2 heteroatoms. The fourth-order valence-corrected chi connectivity index (χ4v) is 4.24. The van der Waals surface area contributed by atoms with Crippen LogP contribution in [0.25, 0.3) is 0 Å². The summed E-state index contributed by atoms with van der Waals surface area (Å²) < 4.78 is 5.47. The van der Waals surface area contributed by atoms with Crippen molar-refractivity contribution in [2.45, 2.75) is 49.8 Å². The Bertz CT molecular complexity index is 399. The average Bonchev–Trinajstić information content (AvgIpc) is 2.51. The number of hydrogen-bond acceptors (Lipinski definition) is 1. The zero-order chi connectivity index (χ0) is 13.8. The van der Waals surface area contributed by atoms with Crippen molar-refractivity contribution >= 4 is 11.6 Å². The summed E-state index contributed by atoms with van der Waals surface area (Å²) >= 11 is 6.62. The number of halogens is 1. The first-order chi connectivity index (χ1) is 9.83. The molecule has 1 aromatic carbocycles. The van der Waals surface area contributed by atoms with Crippen LogP contribution in [-0.2, 0) is 4.74 Å². The molecule has 2 fully saturated rings. The zero-order valence-electron chi connectivity index (χ0n) is 12.1. The lowest BCUT2D eigenvalue weighted by molar-refractivity contribution is 0.0559. The van der Waals surface area contributed by atoms with Crippen LogP contribution < -0.4 is 0 Å². The van der Waals surface area contributed by atoms with E-state index in [-0.39, 0.29) is 0 Å². The van der Waals surface area contributed by atoms with E-state index < -0.39 is 0 Å². The molecule has 0 bridgehead atoms. The van der Waals surface area contributed by atoms with Crippen LogP contribution in [0.2, 0.25) is 0 Å². The van der Waals surface area contributed by atoms with E-state index in [9.17, 15) is 0 Å². The average molecular weight is 293 g/mol. The van der Waals surface area contributed by atoms with E-state index in [1.165, 1.54) is 44.1 Å². The highest BCUT2D eigenvalue weighted by molar-refractivity contribution is 6.20. The van der Waals surface area contributed by atoms with Gasteiger partial charge in [-0.15, -0.1) is 11.6 Å². The van der Waals surface area contributed by atoms with Crippen LogP contribution in [0.1, 0.15) is 50.0 Å². The minimum Gasteiger partial charge on any atom is -0.381 e. The highest BCUT2D eigenvalue weighted by atomic mass is 35.5. The molecule has 0 N–H and O–H groups in total. The van der Waals surface area contributed by atoms with E-state index in [2.05, 4.69) is 30.3 Å². The van der Waals surface area contributed by atoms with Crippen molar-refractivity contribution in [2.24, 2.45) is 11.8 Å². The number of hydrogen-bond donors (Lipinski definition) is 0. The van der Waals surface area contributed by atoms with Gasteiger partial charge in [0.15, 0.2) is 0 Å². The lowest BCUT2D eigenvalue weighted by Gasteiger charge is -2.36. The molecule has 1 aliphatic carbocycles. The molecule has 110 valence electrons. The van der Waals surface area contributed by atoms with Crippen LogP contribution in [0.3, 0.4) is 0 Å². The standard InChI is InChI=1S/C18H25ClO/c19-18-7-6-16(15-4-2-1-3-5-15)13-17(18)12-14-8-10-20-11-9-14/h1-5,14,16-18H,6-13H2. The Morgan fingerprint density at radius 3 is 2.50 bits per heavy atom. The van der Waals surface area contributed by atoms with Crippen molar-refractivity contribution in [3.8, 4) is 0 Å². The SMILES string of the molecule is ClC1CCC(c2ccccc2)CC1CC1CCOCC1. The van der Waals surface area contributed by atoms with Crippen molar-refractivity contribution in [2.75, 3.05) is 13.2 Å². The minimum atomic E-state index is 0.387. The second kappa shape index (κ2) is 6.95. The molecular formula is C18H25ClO. The maximum atomic E-state index is 6.62. The van der Waals surface area contributed by atoms with Crippen molar-refractivity contribution in [3.05, 3.63) is 35.9 Å². The van der Waals surface area contributed by atoms with Crippen LogP contribution in [0.5, 0.6) is 0 Å². The molecule has 3 unspecified atom stereocenters. The first kappa shape index (κ1) is 14.4. The summed E-state index contributed by atoms with van der Waals surface area (Å²) in [5, 5.41) is 0.387. The van der Waals surface area contributed by atoms with Gasteiger partial charge < -0.3 is 4.74 Å². The molecule has 1 aromatic rings. The lowest BCUT2D eigenvalue weighted by atomic mass is 9.73. The normalized spacial score (nSPS) is 32.1. The van der Waals surface area contributed by atoms with Gasteiger partial charge in [-0.2, -0.15) is 0 Å². The minimum absolute atomic E-state index is 0.387. The van der Waals surface area contributed by atoms with E-state index in [1.54, 1.807) is 0 Å².